The molecule has 0 spiro atoms. The Bertz CT molecular complexity index is 1080. The molecule has 4 nitrogen and oxygen atoms in total. The van der Waals surface area contributed by atoms with E-state index in [1.807, 2.05) is 60.7 Å². The Balaban J connectivity index is 1.61. The Morgan fingerprint density at radius 1 is 1.04 bits per heavy atom. The fourth-order valence-electron chi connectivity index (χ4n) is 2.97. The number of benzene rings is 2. The van der Waals surface area contributed by atoms with Crippen molar-refractivity contribution in [1.82, 2.24) is 9.97 Å². The fraction of sp³-hybridized carbons (Fsp3) is 0.136. The third kappa shape index (κ3) is 4.38. The number of anilines is 1. The minimum absolute atomic E-state index is 0.0397. The van der Waals surface area contributed by atoms with E-state index in [0.29, 0.717) is 29.5 Å². The van der Waals surface area contributed by atoms with Crippen LogP contribution in [0.15, 0.2) is 73.1 Å². The molecule has 0 saturated carbocycles. The molecule has 4 aromatic rings. The summed E-state index contributed by atoms with van der Waals surface area (Å²) in [7, 11) is 0. The second-order valence-electron chi connectivity index (χ2n) is 6.44. The average molecular weight is 408 g/mol. The van der Waals surface area contributed by atoms with Crippen molar-refractivity contribution < 1.29 is 4.79 Å². The maximum Gasteiger partial charge on any atom is 0.229 e. The highest BCUT2D eigenvalue weighted by atomic mass is 35.5. The van der Waals surface area contributed by atoms with Crippen LogP contribution in [0.1, 0.15) is 17.5 Å². The molecule has 6 heteroatoms. The molecule has 2 aromatic heterocycles. The molecule has 2 heterocycles. The molecule has 0 radical (unpaired) electrons. The maximum absolute atomic E-state index is 13.1. The predicted octanol–water partition coefficient (Wildman–Crippen LogP) is 5.51. The molecule has 0 unspecified atom stereocenters. The molecule has 0 aliphatic heterocycles. The lowest BCUT2D eigenvalue weighted by Crippen LogP contribution is -2.30. The van der Waals surface area contributed by atoms with Crippen LogP contribution in [0, 0.1) is 0 Å². The second-order valence-corrected chi connectivity index (χ2v) is 7.88. The van der Waals surface area contributed by atoms with Crippen LogP contribution in [0.5, 0.6) is 0 Å². The summed E-state index contributed by atoms with van der Waals surface area (Å²) in [5, 5.41) is 1.34. The number of hydrogen-bond donors (Lipinski definition) is 0. The van der Waals surface area contributed by atoms with Crippen LogP contribution < -0.4 is 4.90 Å². The zero-order chi connectivity index (χ0) is 19.3. The number of aryl methyl sites for hydroxylation is 1. The van der Waals surface area contributed by atoms with Crippen molar-refractivity contribution in [2.75, 3.05) is 4.90 Å². The van der Waals surface area contributed by atoms with Gasteiger partial charge in [0.2, 0.25) is 5.91 Å². The van der Waals surface area contributed by atoms with E-state index >= 15 is 0 Å². The van der Waals surface area contributed by atoms with E-state index in [2.05, 4.69) is 9.97 Å². The van der Waals surface area contributed by atoms with Gasteiger partial charge < -0.3 is 0 Å². The lowest BCUT2D eigenvalue weighted by Gasteiger charge is -2.20. The first-order valence-corrected chi connectivity index (χ1v) is 10.2. The molecule has 28 heavy (non-hydrogen) atoms. The zero-order valence-corrected chi connectivity index (χ0v) is 16.7. The van der Waals surface area contributed by atoms with Crippen LogP contribution in [0.3, 0.4) is 0 Å². The van der Waals surface area contributed by atoms with Crippen molar-refractivity contribution in [3.8, 4) is 0 Å². The summed E-state index contributed by atoms with van der Waals surface area (Å²) in [6.07, 6.45) is 4.62. The lowest BCUT2D eigenvalue weighted by atomic mass is 10.1. The maximum atomic E-state index is 13.1. The summed E-state index contributed by atoms with van der Waals surface area (Å²) in [6, 6.07) is 19.5. The molecule has 0 N–H and O–H groups in total. The third-order valence-corrected chi connectivity index (χ3v) is 5.68. The number of nitrogens with zero attached hydrogens (tertiary/aromatic N) is 3. The topological polar surface area (TPSA) is 46.1 Å². The number of fused-ring (bicyclic) bond motifs is 1. The number of halogens is 1. The van der Waals surface area contributed by atoms with Gasteiger partial charge in [-0.2, -0.15) is 0 Å². The van der Waals surface area contributed by atoms with Crippen molar-refractivity contribution in [3.63, 3.8) is 0 Å². The summed E-state index contributed by atoms with van der Waals surface area (Å²) in [5.74, 6) is 0.0397. The average Bonchev–Trinajstić information content (AvgIpc) is 3.14. The van der Waals surface area contributed by atoms with Crippen LogP contribution in [-0.4, -0.2) is 15.9 Å². The summed E-state index contributed by atoms with van der Waals surface area (Å²) < 4.78 is 0.967. The van der Waals surface area contributed by atoms with Crippen LogP contribution in [-0.2, 0) is 17.8 Å². The van der Waals surface area contributed by atoms with Gasteiger partial charge in [0.15, 0.2) is 5.13 Å². The first-order chi connectivity index (χ1) is 13.7. The molecule has 0 atom stereocenters. The van der Waals surface area contributed by atoms with E-state index in [1.165, 1.54) is 11.3 Å². The monoisotopic (exact) mass is 407 g/mol. The molecular weight excluding hydrogens is 390 g/mol. The number of rotatable bonds is 6. The minimum atomic E-state index is 0.0397. The molecular formula is C22H18ClN3OS. The van der Waals surface area contributed by atoms with Gasteiger partial charge in [-0.25, -0.2) is 4.98 Å². The third-order valence-electron chi connectivity index (χ3n) is 4.40. The van der Waals surface area contributed by atoms with E-state index < -0.39 is 0 Å². The molecule has 2 aromatic carbocycles. The zero-order valence-electron chi connectivity index (χ0n) is 15.1. The summed E-state index contributed by atoms with van der Waals surface area (Å²) in [5.41, 5.74) is 2.96. The van der Waals surface area contributed by atoms with Crippen molar-refractivity contribution in [3.05, 3.63) is 89.2 Å². The van der Waals surface area contributed by atoms with Gasteiger partial charge in [-0.1, -0.05) is 59.3 Å². The van der Waals surface area contributed by atoms with Gasteiger partial charge in [0.25, 0.3) is 0 Å². The normalized spacial score (nSPS) is 10.9. The number of pyridine rings is 1. The molecule has 140 valence electrons. The van der Waals surface area contributed by atoms with Gasteiger partial charge in [0.1, 0.15) is 0 Å². The van der Waals surface area contributed by atoms with Crippen LogP contribution in [0.4, 0.5) is 5.13 Å². The van der Waals surface area contributed by atoms with E-state index in [-0.39, 0.29) is 5.91 Å². The minimum Gasteiger partial charge on any atom is -0.284 e. The van der Waals surface area contributed by atoms with Gasteiger partial charge in [-0.15, -0.1) is 0 Å². The van der Waals surface area contributed by atoms with Crippen LogP contribution in [0.2, 0.25) is 5.02 Å². The smallest absolute Gasteiger partial charge is 0.229 e. The summed E-state index contributed by atoms with van der Waals surface area (Å²) >= 11 is 7.59. The van der Waals surface area contributed by atoms with Crippen molar-refractivity contribution in [1.29, 1.82) is 0 Å². The van der Waals surface area contributed by atoms with Crippen molar-refractivity contribution >= 4 is 44.2 Å². The van der Waals surface area contributed by atoms with E-state index in [0.717, 1.165) is 21.3 Å². The van der Waals surface area contributed by atoms with E-state index in [9.17, 15) is 4.79 Å². The quantitative estimate of drug-likeness (QED) is 0.423. The molecule has 4 rings (SSSR count). The Morgan fingerprint density at radius 2 is 1.86 bits per heavy atom. The Morgan fingerprint density at radius 3 is 2.64 bits per heavy atom. The molecule has 0 aliphatic rings. The summed E-state index contributed by atoms with van der Waals surface area (Å²) in [6.45, 7) is 0.440. The number of carbonyl (C=O) groups is 1. The van der Waals surface area contributed by atoms with Gasteiger partial charge in [0.05, 0.1) is 16.8 Å². The lowest BCUT2D eigenvalue weighted by molar-refractivity contribution is -0.118. The number of thiazole rings is 1. The van der Waals surface area contributed by atoms with Gasteiger partial charge in [-0.05, 0) is 41.8 Å². The number of amides is 1. The highest BCUT2D eigenvalue weighted by Crippen LogP contribution is 2.32. The highest BCUT2D eigenvalue weighted by Gasteiger charge is 2.20. The van der Waals surface area contributed by atoms with E-state index in [4.69, 9.17) is 11.6 Å². The SMILES string of the molecule is O=C(CCc1ccccc1)N(Cc1cccnc1)c1nc2ccc(Cl)cc2s1. The molecule has 0 aliphatic carbocycles. The molecule has 0 saturated heterocycles. The Kier molecular flexibility index (Phi) is 5.65. The number of aromatic nitrogens is 2. The van der Waals surface area contributed by atoms with Crippen molar-refractivity contribution in [2.45, 2.75) is 19.4 Å². The number of carbonyl (C=O) groups excluding carboxylic acids is 1. The first-order valence-electron chi connectivity index (χ1n) is 8.98. The van der Waals surface area contributed by atoms with Crippen LogP contribution in [0.25, 0.3) is 10.2 Å². The van der Waals surface area contributed by atoms with E-state index in [1.54, 1.807) is 17.3 Å². The second kappa shape index (κ2) is 8.50. The standard InChI is InChI=1S/C22H18ClN3OS/c23-18-9-10-19-20(13-18)28-22(25-19)26(15-17-7-4-12-24-14-17)21(27)11-8-16-5-2-1-3-6-16/h1-7,9-10,12-14H,8,11,15H2. The Labute approximate surface area is 172 Å². The Hall–Kier alpha value is -2.76. The first kappa shape index (κ1) is 18.6. The molecule has 0 bridgehead atoms. The number of hydrogen-bond acceptors (Lipinski definition) is 4. The van der Waals surface area contributed by atoms with Crippen LogP contribution >= 0.6 is 22.9 Å². The van der Waals surface area contributed by atoms with Gasteiger partial charge in [0, 0.05) is 23.8 Å². The summed E-state index contributed by atoms with van der Waals surface area (Å²) in [4.78, 5) is 23.7. The predicted molar refractivity (Wildman–Crippen MR) is 115 cm³/mol. The van der Waals surface area contributed by atoms with Gasteiger partial charge in [-0.3, -0.25) is 14.7 Å². The fourth-order valence-corrected chi connectivity index (χ4v) is 4.23. The highest BCUT2D eigenvalue weighted by molar-refractivity contribution is 7.22. The molecule has 0 fully saturated rings. The largest absolute Gasteiger partial charge is 0.284 e. The molecule has 1 amide bonds. The van der Waals surface area contributed by atoms with Gasteiger partial charge >= 0.3 is 0 Å². The van der Waals surface area contributed by atoms with Crippen molar-refractivity contribution in [2.24, 2.45) is 0 Å².